The van der Waals surface area contributed by atoms with Crippen LogP contribution in [-0.4, -0.2) is 27.6 Å². The number of aryl methyl sites for hydroxylation is 2. The van der Waals surface area contributed by atoms with Gasteiger partial charge in [0, 0.05) is 26.1 Å². The molecule has 0 saturated heterocycles. The Morgan fingerprint density at radius 2 is 2.00 bits per heavy atom. The van der Waals surface area contributed by atoms with Gasteiger partial charge in [-0.05, 0) is 24.6 Å². The fourth-order valence-electron chi connectivity index (χ4n) is 3.58. The van der Waals surface area contributed by atoms with Gasteiger partial charge >= 0.3 is 0 Å². The lowest BCUT2D eigenvalue weighted by Crippen LogP contribution is -2.40. The van der Waals surface area contributed by atoms with Gasteiger partial charge in [0.2, 0.25) is 0 Å². The van der Waals surface area contributed by atoms with Gasteiger partial charge in [0.15, 0.2) is 5.60 Å². The number of aromatic nitrogens is 2. The lowest BCUT2D eigenvalue weighted by molar-refractivity contribution is -0.135. The topological polar surface area (TPSA) is 58.4 Å². The molecule has 122 valence electrons. The summed E-state index contributed by atoms with van der Waals surface area (Å²) in [6.45, 7) is 1.96. The summed E-state index contributed by atoms with van der Waals surface area (Å²) in [6, 6.07) is 11.6. The quantitative estimate of drug-likeness (QED) is 0.788. The van der Waals surface area contributed by atoms with E-state index in [1.807, 2.05) is 54.9 Å². The fourth-order valence-corrected chi connectivity index (χ4v) is 3.58. The van der Waals surface area contributed by atoms with Crippen LogP contribution < -0.4 is 4.90 Å². The summed E-state index contributed by atoms with van der Waals surface area (Å²) in [4.78, 5) is 18.8. The number of imidazole rings is 1. The molecule has 0 saturated carbocycles. The number of amides is 1. The zero-order valence-electron chi connectivity index (χ0n) is 13.9. The Hall–Kier alpha value is -2.66. The lowest BCUT2D eigenvalue weighted by atomic mass is 9.87. The highest BCUT2D eigenvalue weighted by Crippen LogP contribution is 2.42. The molecule has 3 aromatic rings. The van der Waals surface area contributed by atoms with Crippen molar-refractivity contribution in [3.8, 4) is 0 Å². The molecule has 0 radical (unpaired) electrons. The number of anilines is 1. The predicted molar refractivity (Wildman–Crippen MR) is 92.9 cm³/mol. The standard InChI is InChI=1S/C19H19N3O2/c1-12-7-8-15-14(9-12)19(24,18(23)22(15)3)10-13-5-4-6-16-17(13)20-11-21(16)2/h4-9,11,24H,10H2,1-3H3. The summed E-state index contributed by atoms with van der Waals surface area (Å²) in [5, 5.41) is 11.3. The van der Waals surface area contributed by atoms with Crippen LogP contribution in [0.3, 0.4) is 0 Å². The molecule has 4 rings (SSSR count). The van der Waals surface area contributed by atoms with Crippen LogP contribution in [0.15, 0.2) is 42.7 Å². The Bertz CT molecular complexity index is 976. The summed E-state index contributed by atoms with van der Waals surface area (Å²) >= 11 is 0. The number of benzene rings is 2. The van der Waals surface area contributed by atoms with Crippen LogP contribution in [0, 0.1) is 6.92 Å². The van der Waals surface area contributed by atoms with Crippen LogP contribution in [0.25, 0.3) is 11.0 Å². The summed E-state index contributed by atoms with van der Waals surface area (Å²) in [7, 11) is 3.64. The molecule has 1 N–H and O–H groups in total. The molecule has 1 aromatic heterocycles. The number of fused-ring (bicyclic) bond motifs is 2. The van der Waals surface area contributed by atoms with Crippen molar-refractivity contribution in [1.29, 1.82) is 0 Å². The van der Waals surface area contributed by atoms with Crippen molar-refractivity contribution in [3.05, 3.63) is 59.4 Å². The van der Waals surface area contributed by atoms with Gasteiger partial charge in [-0.15, -0.1) is 0 Å². The molecule has 0 aliphatic carbocycles. The molecule has 5 nitrogen and oxygen atoms in total. The summed E-state index contributed by atoms with van der Waals surface area (Å²) < 4.78 is 1.93. The maximum Gasteiger partial charge on any atom is 0.263 e. The molecule has 1 aliphatic heterocycles. The number of aliphatic hydroxyl groups is 1. The number of carbonyl (C=O) groups excluding carboxylic acids is 1. The van der Waals surface area contributed by atoms with Gasteiger partial charge in [-0.3, -0.25) is 4.79 Å². The van der Waals surface area contributed by atoms with Crippen LogP contribution in [-0.2, 0) is 23.9 Å². The zero-order valence-corrected chi connectivity index (χ0v) is 13.9. The average Bonchev–Trinajstić information content (AvgIpc) is 3.02. The second-order valence-electron chi connectivity index (χ2n) is 6.56. The minimum Gasteiger partial charge on any atom is -0.375 e. The molecular formula is C19H19N3O2. The molecule has 0 spiro atoms. The highest BCUT2D eigenvalue weighted by Gasteiger charge is 2.48. The predicted octanol–water partition coefficient (Wildman–Crippen LogP) is 2.29. The Balaban J connectivity index is 1.87. The first-order chi connectivity index (χ1) is 11.4. The van der Waals surface area contributed by atoms with E-state index >= 15 is 0 Å². The van der Waals surface area contributed by atoms with Gasteiger partial charge in [-0.25, -0.2) is 4.98 Å². The fraction of sp³-hybridized carbons (Fsp3) is 0.263. The number of nitrogens with zero attached hydrogens (tertiary/aromatic N) is 3. The monoisotopic (exact) mass is 321 g/mol. The van der Waals surface area contributed by atoms with Crippen LogP contribution in [0.4, 0.5) is 5.69 Å². The number of hydrogen-bond acceptors (Lipinski definition) is 3. The first-order valence-electron chi connectivity index (χ1n) is 7.92. The second-order valence-corrected chi connectivity index (χ2v) is 6.56. The third-order valence-electron chi connectivity index (χ3n) is 4.90. The second kappa shape index (κ2) is 4.92. The molecule has 1 atom stereocenters. The maximum absolute atomic E-state index is 12.8. The zero-order chi connectivity index (χ0) is 17.1. The van der Waals surface area contributed by atoms with E-state index in [-0.39, 0.29) is 12.3 Å². The largest absolute Gasteiger partial charge is 0.375 e. The van der Waals surface area contributed by atoms with Crippen LogP contribution in [0.5, 0.6) is 0 Å². The van der Waals surface area contributed by atoms with Gasteiger partial charge < -0.3 is 14.6 Å². The van der Waals surface area contributed by atoms with Crippen LogP contribution >= 0.6 is 0 Å². The Morgan fingerprint density at radius 3 is 2.79 bits per heavy atom. The molecular weight excluding hydrogens is 302 g/mol. The van der Waals surface area contributed by atoms with Crippen molar-refractivity contribution in [2.24, 2.45) is 7.05 Å². The number of rotatable bonds is 2. The van der Waals surface area contributed by atoms with Gasteiger partial charge in [-0.2, -0.15) is 0 Å². The molecule has 1 unspecified atom stereocenters. The van der Waals surface area contributed by atoms with Gasteiger partial charge in [0.25, 0.3) is 5.91 Å². The Labute approximate surface area is 140 Å². The Morgan fingerprint density at radius 1 is 1.21 bits per heavy atom. The SMILES string of the molecule is Cc1ccc2c(c1)C(O)(Cc1cccc3c1ncn3C)C(=O)N2C. The highest BCUT2D eigenvalue weighted by atomic mass is 16.3. The van der Waals surface area contributed by atoms with Crippen molar-refractivity contribution in [2.45, 2.75) is 18.9 Å². The molecule has 2 heterocycles. The van der Waals surface area contributed by atoms with Crippen molar-refractivity contribution in [1.82, 2.24) is 9.55 Å². The van der Waals surface area contributed by atoms with Crippen LogP contribution in [0.1, 0.15) is 16.7 Å². The summed E-state index contributed by atoms with van der Waals surface area (Å²) in [5.74, 6) is -0.295. The van der Waals surface area contributed by atoms with E-state index in [1.165, 1.54) is 4.90 Å². The lowest BCUT2D eigenvalue weighted by Gasteiger charge is -2.22. The number of para-hydroxylation sites is 1. The molecule has 0 bridgehead atoms. The smallest absolute Gasteiger partial charge is 0.263 e. The van der Waals surface area contributed by atoms with E-state index in [4.69, 9.17) is 0 Å². The van der Waals surface area contributed by atoms with E-state index in [0.717, 1.165) is 27.8 Å². The minimum atomic E-state index is -1.55. The van der Waals surface area contributed by atoms with Crippen molar-refractivity contribution in [2.75, 3.05) is 11.9 Å². The van der Waals surface area contributed by atoms with Gasteiger partial charge in [0.1, 0.15) is 0 Å². The molecule has 1 aliphatic rings. The number of likely N-dealkylation sites (N-methyl/N-ethyl adjacent to an activating group) is 1. The average molecular weight is 321 g/mol. The van der Waals surface area contributed by atoms with Crippen molar-refractivity contribution >= 4 is 22.6 Å². The third-order valence-corrected chi connectivity index (χ3v) is 4.90. The van der Waals surface area contributed by atoms with Crippen LogP contribution in [0.2, 0.25) is 0 Å². The third kappa shape index (κ3) is 1.91. The maximum atomic E-state index is 12.8. The molecule has 2 aromatic carbocycles. The van der Waals surface area contributed by atoms with E-state index in [2.05, 4.69) is 4.98 Å². The normalized spacial score (nSPS) is 20.0. The first kappa shape index (κ1) is 14.9. The van der Waals surface area contributed by atoms with E-state index in [0.29, 0.717) is 5.56 Å². The molecule has 24 heavy (non-hydrogen) atoms. The van der Waals surface area contributed by atoms with Crippen molar-refractivity contribution < 1.29 is 9.90 Å². The summed E-state index contributed by atoms with van der Waals surface area (Å²) in [5.41, 5.74) is 3.58. The highest BCUT2D eigenvalue weighted by molar-refractivity contribution is 6.07. The van der Waals surface area contributed by atoms with E-state index in [1.54, 1.807) is 13.4 Å². The van der Waals surface area contributed by atoms with Gasteiger partial charge in [0.05, 0.1) is 23.0 Å². The summed E-state index contributed by atoms with van der Waals surface area (Å²) in [6.07, 6.45) is 1.96. The number of carbonyl (C=O) groups is 1. The van der Waals surface area contributed by atoms with Crippen molar-refractivity contribution in [3.63, 3.8) is 0 Å². The molecule has 5 heteroatoms. The molecule has 0 fully saturated rings. The Kier molecular flexibility index (Phi) is 3.05. The van der Waals surface area contributed by atoms with E-state index in [9.17, 15) is 9.90 Å². The van der Waals surface area contributed by atoms with Gasteiger partial charge in [-0.1, -0.05) is 29.8 Å². The number of hydrogen-bond donors (Lipinski definition) is 1. The minimum absolute atomic E-state index is 0.209. The molecule has 1 amide bonds. The van der Waals surface area contributed by atoms with E-state index < -0.39 is 5.60 Å². The first-order valence-corrected chi connectivity index (χ1v) is 7.92.